The topological polar surface area (TPSA) is 59.8 Å². The van der Waals surface area contributed by atoms with Crippen molar-refractivity contribution in [3.05, 3.63) is 34.5 Å². The molecule has 2 aromatic rings. The van der Waals surface area contributed by atoms with Crippen molar-refractivity contribution in [3.63, 3.8) is 0 Å². The number of aryl methyl sites for hydroxylation is 1. The van der Waals surface area contributed by atoms with Crippen molar-refractivity contribution in [2.45, 2.75) is 45.6 Å². The van der Waals surface area contributed by atoms with Gasteiger partial charge in [0.1, 0.15) is 12.2 Å². The van der Waals surface area contributed by atoms with Crippen molar-refractivity contribution in [1.82, 2.24) is 20.1 Å². The van der Waals surface area contributed by atoms with E-state index in [1.54, 1.807) is 17.7 Å². The Morgan fingerprint density at radius 2 is 2.29 bits per heavy atom. The van der Waals surface area contributed by atoms with Gasteiger partial charge in [0.25, 0.3) is 0 Å². The molecule has 0 aromatic carbocycles. The van der Waals surface area contributed by atoms with E-state index in [9.17, 15) is 4.79 Å². The third-order valence-electron chi connectivity index (χ3n) is 3.28. The molecule has 21 heavy (non-hydrogen) atoms. The molecule has 0 saturated heterocycles. The molecule has 0 radical (unpaired) electrons. The Hall–Kier alpha value is -1.69. The molecular formula is C15H22N4OS. The maximum atomic E-state index is 11.8. The highest BCUT2D eigenvalue weighted by Crippen LogP contribution is 2.11. The van der Waals surface area contributed by atoms with Crippen molar-refractivity contribution in [2.75, 3.05) is 6.54 Å². The van der Waals surface area contributed by atoms with Crippen LogP contribution in [0.1, 0.15) is 43.4 Å². The van der Waals surface area contributed by atoms with E-state index in [2.05, 4.69) is 40.8 Å². The molecule has 114 valence electrons. The van der Waals surface area contributed by atoms with Crippen LogP contribution in [0.5, 0.6) is 0 Å². The van der Waals surface area contributed by atoms with E-state index in [4.69, 9.17) is 0 Å². The number of carbonyl (C=O) groups is 1. The van der Waals surface area contributed by atoms with Gasteiger partial charge in [-0.05, 0) is 38.1 Å². The fraction of sp³-hybridized carbons (Fsp3) is 0.533. The van der Waals surface area contributed by atoms with Crippen LogP contribution in [-0.2, 0) is 17.6 Å². The lowest BCUT2D eigenvalue weighted by atomic mass is 10.2. The largest absolute Gasteiger partial charge is 0.356 e. The number of thiophene rings is 1. The number of carbonyl (C=O) groups excluding carboxylic acids is 1. The van der Waals surface area contributed by atoms with E-state index in [-0.39, 0.29) is 5.91 Å². The summed E-state index contributed by atoms with van der Waals surface area (Å²) in [5, 5.41) is 13.0. The summed E-state index contributed by atoms with van der Waals surface area (Å²) < 4.78 is 2.03. The quantitative estimate of drug-likeness (QED) is 0.815. The van der Waals surface area contributed by atoms with Crippen molar-refractivity contribution in [1.29, 1.82) is 0 Å². The van der Waals surface area contributed by atoms with Crippen molar-refractivity contribution in [3.8, 4) is 0 Å². The van der Waals surface area contributed by atoms with Crippen LogP contribution in [0.4, 0.5) is 0 Å². The Balaban J connectivity index is 1.64. The molecule has 2 aromatic heterocycles. The minimum atomic E-state index is 0.113. The molecule has 0 saturated carbocycles. The predicted molar refractivity (Wildman–Crippen MR) is 84.4 cm³/mol. The Morgan fingerprint density at radius 3 is 3.00 bits per heavy atom. The zero-order valence-corrected chi connectivity index (χ0v) is 13.4. The molecule has 1 amide bonds. The van der Waals surface area contributed by atoms with Gasteiger partial charge in [-0.3, -0.25) is 4.79 Å². The van der Waals surface area contributed by atoms with Gasteiger partial charge >= 0.3 is 0 Å². The molecule has 0 aliphatic carbocycles. The van der Waals surface area contributed by atoms with Crippen LogP contribution in [-0.4, -0.2) is 27.2 Å². The van der Waals surface area contributed by atoms with Gasteiger partial charge in [-0.15, -0.1) is 21.5 Å². The second-order valence-electron chi connectivity index (χ2n) is 5.28. The standard InChI is InChI=1S/C15H22N4OS/c1-12(2)19-11-17-18-14(19)8-9-16-15(20)7-3-5-13-6-4-10-21-13/h4,6,10-12H,3,5,7-9H2,1-2H3,(H,16,20). The van der Waals surface area contributed by atoms with Crippen molar-refractivity contribution < 1.29 is 4.79 Å². The summed E-state index contributed by atoms with van der Waals surface area (Å²) in [4.78, 5) is 13.1. The van der Waals surface area contributed by atoms with Gasteiger partial charge in [-0.2, -0.15) is 0 Å². The number of rotatable bonds is 8. The Labute approximate surface area is 129 Å². The summed E-state index contributed by atoms with van der Waals surface area (Å²) in [7, 11) is 0. The normalized spacial score (nSPS) is 11.0. The van der Waals surface area contributed by atoms with Crippen LogP contribution in [0, 0.1) is 0 Å². The third kappa shape index (κ3) is 4.97. The molecule has 1 N–H and O–H groups in total. The lowest BCUT2D eigenvalue weighted by molar-refractivity contribution is -0.121. The van der Waals surface area contributed by atoms with Gasteiger partial charge in [-0.25, -0.2) is 0 Å². The molecule has 2 heterocycles. The van der Waals surface area contributed by atoms with E-state index < -0.39 is 0 Å². The Morgan fingerprint density at radius 1 is 1.43 bits per heavy atom. The maximum Gasteiger partial charge on any atom is 0.220 e. The number of nitrogens with zero attached hydrogens (tertiary/aromatic N) is 3. The highest BCUT2D eigenvalue weighted by Gasteiger charge is 2.08. The molecule has 0 aliphatic heterocycles. The second kappa shape index (κ2) is 7.93. The molecule has 0 unspecified atom stereocenters. The zero-order valence-electron chi connectivity index (χ0n) is 12.6. The molecule has 0 bridgehead atoms. The minimum absolute atomic E-state index is 0.113. The van der Waals surface area contributed by atoms with E-state index in [1.165, 1.54) is 4.88 Å². The number of hydrogen-bond acceptors (Lipinski definition) is 4. The summed E-state index contributed by atoms with van der Waals surface area (Å²) in [6, 6.07) is 4.50. The Kier molecular flexibility index (Phi) is 5.92. The van der Waals surface area contributed by atoms with Gasteiger partial charge in [0.15, 0.2) is 0 Å². The second-order valence-corrected chi connectivity index (χ2v) is 6.31. The molecule has 0 spiro atoms. The van der Waals surface area contributed by atoms with E-state index >= 15 is 0 Å². The van der Waals surface area contributed by atoms with E-state index in [0.717, 1.165) is 25.1 Å². The predicted octanol–water partition coefficient (Wildman–Crippen LogP) is 2.60. The lowest BCUT2D eigenvalue weighted by Crippen LogP contribution is -2.26. The van der Waals surface area contributed by atoms with Gasteiger partial charge in [0.2, 0.25) is 5.91 Å². The number of hydrogen-bond donors (Lipinski definition) is 1. The number of amides is 1. The monoisotopic (exact) mass is 306 g/mol. The van der Waals surface area contributed by atoms with Crippen LogP contribution in [0.15, 0.2) is 23.8 Å². The van der Waals surface area contributed by atoms with Crippen LogP contribution in [0.3, 0.4) is 0 Å². The van der Waals surface area contributed by atoms with Gasteiger partial charge in [-0.1, -0.05) is 6.07 Å². The van der Waals surface area contributed by atoms with E-state index in [1.807, 2.05) is 10.6 Å². The maximum absolute atomic E-state index is 11.8. The van der Waals surface area contributed by atoms with Crippen LogP contribution >= 0.6 is 11.3 Å². The first-order valence-corrected chi connectivity index (χ1v) is 8.22. The summed E-state index contributed by atoms with van der Waals surface area (Å²) in [5.74, 6) is 1.03. The summed E-state index contributed by atoms with van der Waals surface area (Å²) in [6.45, 7) is 4.80. The van der Waals surface area contributed by atoms with Gasteiger partial charge < -0.3 is 9.88 Å². The summed E-state index contributed by atoms with van der Waals surface area (Å²) in [6.07, 6.45) is 4.91. The van der Waals surface area contributed by atoms with Crippen molar-refractivity contribution in [2.24, 2.45) is 0 Å². The van der Waals surface area contributed by atoms with Crippen LogP contribution in [0.25, 0.3) is 0 Å². The smallest absolute Gasteiger partial charge is 0.220 e. The zero-order chi connectivity index (χ0) is 15.1. The molecule has 6 heteroatoms. The number of nitrogens with one attached hydrogen (secondary N) is 1. The SMILES string of the molecule is CC(C)n1cnnc1CCNC(=O)CCCc1cccs1. The average molecular weight is 306 g/mol. The summed E-state index contributed by atoms with van der Waals surface area (Å²) in [5.41, 5.74) is 0. The molecule has 2 rings (SSSR count). The highest BCUT2D eigenvalue weighted by atomic mass is 32.1. The van der Waals surface area contributed by atoms with E-state index in [0.29, 0.717) is 19.0 Å². The van der Waals surface area contributed by atoms with Gasteiger partial charge in [0.05, 0.1) is 0 Å². The first-order chi connectivity index (χ1) is 10.2. The van der Waals surface area contributed by atoms with Crippen LogP contribution in [0.2, 0.25) is 0 Å². The fourth-order valence-corrected chi connectivity index (χ4v) is 2.91. The molecule has 0 fully saturated rings. The average Bonchev–Trinajstić information content (AvgIpc) is 3.09. The van der Waals surface area contributed by atoms with Crippen LogP contribution < -0.4 is 5.32 Å². The molecule has 0 aliphatic rings. The molecule has 0 atom stereocenters. The number of aromatic nitrogens is 3. The molecular weight excluding hydrogens is 284 g/mol. The fourth-order valence-electron chi connectivity index (χ4n) is 2.16. The summed E-state index contributed by atoms with van der Waals surface area (Å²) >= 11 is 1.75. The first-order valence-electron chi connectivity index (χ1n) is 7.34. The lowest BCUT2D eigenvalue weighted by Gasteiger charge is -2.10. The third-order valence-corrected chi connectivity index (χ3v) is 4.22. The Bertz CT molecular complexity index is 548. The highest BCUT2D eigenvalue weighted by molar-refractivity contribution is 7.09. The molecule has 5 nitrogen and oxygen atoms in total. The van der Waals surface area contributed by atoms with Crippen molar-refractivity contribution >= 4 is 17.2 Å². The van der Waals surface area contributed by atoms with Gasteiger partial charge in [0, 0.05) is 30.3 Å². The minimum Gasteiger partial charge on any atom is -0.356 e. The first kappa shape index (κ1) is 15.7.